The number of para-hydroxylation sites is 1. The Bertz CT molecular complexity index is 926. The molecule has 110 valence electrons. The molecule has 2 heterocycles. The summed E-state index contributed by atoms with van der Waals surface area (Å²) in [6, 6.07) is 12.6. The van der Waals surface area contributed by atoms with Gasteiger partial charge in [0, 0.05) is 0 Å². The molecule has 3 aromatic rings. The van der Waals surface area contributed by atoms with E-state index in [0.29, 0.717) is 34.0 Å². The topological polar surface area (TPSA) is 57.9 Å². The van der Waals surface area contributed by atoms with E-state index >= 15 is 0 Å². The Morgan fingerprint density at radius 1 is 1.05 bits per heavy atom. The van der Waals surface area contributed by atoms with Crippen LogP contribution in [-0.2, 0) is 0 Å². The van der Waals surface area contributed by atoms with Gasteiger partial charge in [0.25, 0.3) is 0 Å². The fraction of sp³-hybridized carbons (Fsp3) is 0.118. The quantitative estimate of drug-likeness (QED) is 0.680. The van der Waals surface area contributed by atoms with E-state index in [1.807, 2.05) is 18.2 Å². The highest BCUT2D eigenvalue weighted by Crippen LogP contribution is 2.39. The first kappa shape index (κ1) is 12.8. The van der Waals surface area contributed by atoms with Crippen molar-refractivity contribution in [1.29, 1.82) is 0 Å². The minimum absolute atomic E-state index is 0.183. The van der Waals surface area contributed by atoms with Gasteiger partial charge in [-0.2, -0.15) is 0 Å². The fourth-order valence-electron chi connectivity index (χ4n) is 2.63. The third-order valence-electron chi connectivity index (χ3n) is 3.63. The summed E-state index contributed by atoms with van der Waals surface area (Å²) >= 11 is 0. The molecule has 1 aliphatic rings. The Kier molecular flexibility index (Phi) is 2.79. The van der Waals surface area contributed by atoms with Crippen molar-refractivity contribution in [2.45, 2.75) is 0 Å². The van der Waals surface area contributed by atoms with E-state index in [4.69, 9.17) is 18.6 Å². The molecular weight excluding hydrogens is 284 g/mol. The van der Waals surface area contributed by atoms with Gasteiger partial charge in [0.2, 0.25) is 6.79 Å². The highest BCUT2D eigenvalue weighted by molar-refractivity contribution is 5.90. The van der Waals surface area contributed by atoms with E-state index in [2.05, 4.69) is 0 Å². The molecule has 0 saturated carbocycles. The van der Waals surface area contributed by atoms with Gasteiger partial charge in [-0.15, -0.1) is 0 Å². The van der Waals surface area contributed by atoms with Crippen LogP contribution in [0.5, 0.6) is 17.2 Å². The molecule has 0 bridgehead atoms. The van der Waals surface area contributed by atoms with Gasteiger partial charge in [0.15, 0.2) is 11.5 Å². The van der Waals surface area contributed by atoms with Gasteiger partial charge in [-0.25, -0.2) is 4.79 Å². The molecule has 0 amide bonds. The first-order valence-corrected chi connectivity index (χ1v) is 6.78. The van der Waals surface area contributed by atoms with E-state index in [1.54, 1.807) is 24.3 Å². The average molecular weight is 296 g/mol. The molecule has 5 nitrogen and oxygen atoms in total. The SMILES string of the molecule is COc1c(-c2ccc3c(c2)OCO3)c(=O)oc2ccccc12. The maximum absolute atomic E-state index is 12.4. The first-order valence-electron chi connectivity index (χ1n) is 6.78. The normalized spacial score (nSPS) is 12.6. The molecule has 0 spiro atoms. The molecule has 1 aromatic heterocycles. The highest BCUT2D eigenvalue weighted by Gasteiger charge is 2.20. The summed E-state index contributed by atoms with van der Waals surface area (Å²) in [5, 5.41) is 0.747. The zero-order valence-electron chi connectivity index (χ0n) is 11.8. The van der Waals surface area contributed by atoms with E-state index < -0.39 is 5.63 Å². The van der Waals surface area contributed by atoms with Gasteiger partial charge in [0.05, 0.1) is 12.5 Å². The van der Waals surface area contributed by atoms with Gasteiger partial charge in [-0.05, 0) is 29.8 Å². The van der Waals surface area contributed by atoms with Gasteiger partial charge in [0.1, 0.15) is 16.9 Å². The van der Waals surface area contributed by atoms with Crippen molar-refractivity contribution in [2.24, 2.45) is 0 Å². The zero-order valence-corrected chi connectivity index (χ0v) is 11.8. The van der Waals surface area contributed by atoms with Crippen LogP contribution in [0.2, 0.25) is 0 Å². The fourth-order valence-corrected chi connectivity index (χ4v) is 2.63. The maximum atomic E-state index is 12.4. The lowest BCUT2D eigenvalue weighted by Gasteiger charge is -2.10. The predicted molar refractivity (Wildman–Crippen MR) is 80.6 cm³/mol. The molecule has 0 atom stereocenters. The molecular formula is C17H12O5. The predicted octanol–water partition coefficient (Wildman–Crippen LogP) is 3.20. The lowest BCUT2D eigenvalue weighted by Crippen LogP contribution is -2.06. The maximum Gasteiger partial charge on any atom is 0.347 e. The van der Waals surface area contributed by atoms with Crippen molar-refractivity contribution in [1.82, 2.24) is 0 Å². The molecule has 0 unspecified atom stereocenters. The number of benzene rings is 2. The smallest absolute Gasteiger partial charge is 0.347 e. The highest BCUT2D eigenvalue weighted by atomic mass is 16.7. The van der Waals surface area contributed by atoms with Gasteiger partial charge in [-0.3, -0.25) is 0 Å². The average Bonchev–Trinajstić information content (AvgIpc) is 3.01. The summed E-state index contributed by atoms with van der Waals surface area (Å²) in [4.78, 5) is 12.4. The molecule has 0 aliphatic carbocycles. The number of hydrogen-bond acceptors (Lipinski definition) is 5. The summed E-state index contributed by atoms with van der Waals surface area (Å²) in [7, 11) is 1.54. The van der Waals surface area contributed by atoms with Crippen molar-refractivity contribution in [2.75, 3.05) is 13.9 Å². The molecule has 1 aliphatic heterocycles. The molecule has 0 N–H and O–H groups in total. The molecule has 2 aromatic carbocycles. The molecule has 22 heavy (non-hydrogen) atoms. The number of methoxy groups -OCH3 is 1. The monoisotopic (exact) mass is 296 g/mol. The van der Waals surface area contributed by atoms with Crippen molar-refractivity contribution in [3.05, 3.63) is 52.9 Å². The lowest BCUT2D eigenvalue weighted by atomic mass is 10.0. The molecule has 0 radical (unpaired) electrons. The zero-order chi connectivity index (χ0) is 15.1. The van der Waals surface area contributed by atoms with Crippen LogP contribution in [0.3, 0.4) is 0 Å². The minimum atomic E-state index is -0.450. The Hall–Kier alpha value is -2.95. The van der Waals surface area contributed by atoms with Gasteiger partial charge >= 0.3 is 5.63 Å². The summed E-state index contributed by atoms with van der Waals surface area (Å²) < 4.78 is 21.5. The third-order valence-corrected chi connectivity index (χ3v) is 3.63. The summed E-state index contributed by atoms with van der Waals surface area (Å²) in [6.45, 7) is 0.183. The Morgan fingerprint density at radius 3 is 2.73 bits per heavy atom. The van der Waals surface area contributed by atoms with E-state index in [0.717, 1.165) is 5.39 Å². The second-order valence-electron chi connectivity index (χ2n) is 4.86. The van der Waals surface area contributed by atoms with Crippen LogP contribution in [-0.4, -0.2) is 13.9 Å². The van der Waals surface area contributed by atoms with Crippen LogP contribution < -0.4 is 19.8 Å². The Balaban J connectivity index is 2.02. The van der Waals surface area contributed by atoms with Crippen LogP contribution in [0.4, 0.5) is 0 Å². The Morgan fingerprint density at radius 2 is 1.86 bits per heavy atom. The number of fused-ring (bicyclic) bond motifs is 2. The van der Waals surface area contributed by atoms with Crippen molar-refractivity contribution < 1.29 is 18.6 Å². The molecule has 0 fully saturated rings. The van der Waals surface area contributed by atoms with Gasteiger partial charge < -0.3 is 18.6 Å². The molecule has 5 heteroatoms. The molecule has 0 saturated heterocycles. The number of ether oxygens (including phenoxy) is 3. The van der Waals surface area contributed by atoms with Crippen LogP contribution in [0.15, 0.2) is 51.7 Å². The molecule has 4 rings (SSSR count). The van der Waals surface area contributed by atoms with E-state index in [-0.39, 0.29) is 6.79 Å². The van der Waals surface area contributed by atoms with Crippen LogP contribution in [0, 0.1) is 0 Å². The van der Waals surface area contributed by atoms with E-state index in [9.17, 15) is 4.79 Å². The summed E-state index contributed by atoms with van der Waals surface area (Å²) in [5.41, 5.74) is 1.09. The third kappa shape index (κ3) is 1.83. The van der Waals surface area contributed by atoms with Crippen LogP contribution >= 0.6 is 0 Å². The second kappa shape index (κ2) is 4.80. The number of hydrogen-bond donors (Lipinski definition) is 0. The summed E-state index contributed by atoms with van der Waals surface area (Å²) in [5.74, 6) is 1.76. The second-order valence-corrected chi connectivity index (χ2v) is 4.86. The number of rotatable bonds is 2. The van der Waals surface area contributed by atoms with Crippen LogP contribution in [0.1, 0.15) is 0 Å². The van der Waals surface area contributed by atoms with Gasteiger partial charge in [-0.1, -0.05) is 18.2 Å². The van der Waals surface area contributed by atoms with Crippen molar-refractivity contribution >= 4 is 11.0 Å². The minimum Gasteiger partial charge on any atom is -0.495 e. The summed E-state index contributed by atoms with van der Waals surface area (Å²) in [6.07, 6.45) is 0. The van der Waals surface area contributed by atoms with Crippen LogP contribution in [0.25, 0.3) is 22.1 Å². The van der Waals surface area contributed by atoms with Crippen molar-refractivity contribution in [3.63, 3.8) is 0 Å². The Labute approximate surface area is 125 Å². The largest absolute Gasteiger partial charge is 0.495 e. The van der Waals surface area contributed by atoms with E-state index in [1.165, 1.54) is 7.11 Å². The lowest BCUT2D eigenvalue weighted by molar-refractivity contribution is 0.174. The van der Waals surface area contributed by atoms with Crippen molar-refractivity contribution in [3.8, 4) is 28.4 Å². The standard InChI is InChI=1S/C17H12O5/c1-19-16-11-4-2-3-5-12(11)22-17(18)15(16)10-6-7-13-14(8-10)21-9-20-13/h2-8H,9H2,1H3. The first-order chi connectivity index (χ1) is 10.8.